The van der Waals surface area contributed by atoms with Gasteiger partial charge in [0.15, 0.2) is 0 Å². The van der Waals surface area contributed by atoms with Crippen LogP contribution in [0.2, 0.25) is 0 Å². The van der Waals surface area contributed by atoms with Gasteiger partial charge in [0.25, 0.3) is 0 Å². The normalized spacial score (nSPS) is 12.4. The van der Waals surface area contributed by atoms with Gasteiger partial charge >= 0.3 is 0 Å². The highest BCUT2D eigenvalue weighted by atomic mass is 32.2. The van der Waals surface area contributed by atoms with E-state index >= 15 is 0 Å². The van der Waals surface area contributed by atoms with E-state index in [-0.39, 0.29) is 16.8 Å². The maximum atomic E-state index is 12.3. The Kier molecular flexibility index (Phi) is 3.80. The Balaban J connectivity index is 2.37. The van der Waals surface area contributed by atoms with Gasteiger partial charge < -0.3 is 10.7 Å². The Bertz CT molecular complexity index is 672. The van der Waals surface area contributed by atoms with Gasteiger partial charge in [0.05, 0.1) is 16.8 Å². The van der Waals surface area contributed by atoms with Crippen LogP contribution in [-0.4, -0.2) is 24.1 Å². The minimum Gasteiger partial charge on any atom is -0.399 e. The minimum atomic E-state index is -3.37. The van der Waals surface area contributed by atoms with Crippen molar-refractivity contribution in [2.45, 2.75) is 31.8 Å². The molecular formula is C13H19N3O2S. The molecule has 0 aliphatic carbocycles. The van der Waals surface area contributed by atoms with E-state index in [4.69, 9.17) is 5.73 Å². The third kappa shape index (κ3) is 2.89. The molecule has 3 N–H and O–H groups in total. The van der Waals surface area contributed by atoms with Crippen molar-refractivity contribution in [2.24, 2.45) is 5.92 Å². The molecular weight excluding hydrogens is 262 g/mol. The molecule has 0 aliphatic heterocycles. The van der Waals surface area contributed by atoms with Crippen molar-refractivity contribution >= 4 is 26.6 Å². The predicted molar refractivity (Wildman–Crippen MR) is 76.6 cm³/mol. The summed E-state index contributed by atoms with van der Waals surface area (Å²) in [6, 6.07) is 5.12. The summed E-state index contributed by atoms with van der Waals surface area (Å²) in [5.74, 6) is 0.304. The molecule has 6 heteroatoms. The summed E-state index contributed by atoms with van der Waals surface area (Å²) in [4.78, 5) is 7.00. The highest BCUT2D eigenvalue weighted by Gasteiger charge is 2.22. The molecule has 0 amide bonds. The van der Waals surface area contributed by atoms with E-state index in [2.05, 4.69) is 9.97 Å². The van der Waals surface area contributed by atoms with Gasteiger partial charge in [-0.15, -0.1) is 0 Å². The second-order valence-corrected chi connectivity index (χ2v) is 6.73. The van der Waals surface area contributed by atoms with Crippen LogP contribution in [0.4, 0.5) is 5.69 Å². The highest BCUT2D eigenvalue weighted by molar-refractivity contribution is 7.91. The molecule has 1 aromatic heterocycles. The first-order chi connectivity index (χ1) is 8.96. The van der Waals surface area contributed by atoms with Gasteiger partial charge in [-0.25, -0.2) is 13.4 Å². The summed E-state index contributed by atoms with van der Waals surface area (Å²) in [7, 11) is -3.37. The van der Waals surface area contributed by atoms with Crippen LogP contribution in [0, 0.1) is 5.92 Å². The van der Waals surface area contributed by atoms with Crippen LogP contribution in [0.15, 0.2) is 23.4 Å². The molecule has 1 aromatic carbocycles. The Hall–Kier alpha value is -1.56. The summed E-state index contributed by atoms with van der Waals surface area (Å²) >= 11 is 0. The third-order valence-electron chi connectivity index (χ3n) is 3.39. The molecule has 0 saturated carbocycles. The fourth-order valence-electron chi connectivity index (χ4n) is 2.06. The number of rotatable bonds is 5. The number of benzene rings is 1. The topological polar surface area (TPSA) is 88.8 Å². The van der Waals surface area contributed by atoms with Crippen molar-refractivity contribution < 1.29 is 8.42 Å². The number of imidazole rings is 1. The molecule has 0 atom stereocenters. The van der Waals surface area contributed by atoms with E-state index in [1.54, 1.807) is 18.2 Å². The average molecular weight is 281 g/mol. The Morgan fingerprint density at radius 1 is 1.32 bits per heavy atom. The number of fused-ring (bicyclic) bond motifs is 1. The maximum absolute atomic E-state index is 12.3. The van der Waals surface area contributed by atoms with Crippen molar-refractivity contribution in [3.63, 3.8) is 0 Å². The average Bonchev–Trinajstić information content (AvgIpc) is 2.79. The van der Waals surface area contributed by atoms with E-state index in [0.29, 0.717) is 16.7 Å². The van der Waals surface area contributed by atoms with Crippen molar-refractivity contribution in [1.29, 1.82) is 0 Å². The molecule has 0 saturated heterocycles. The fourth-order valence-corrected chi connectivity index (χ4v) is 3.82. The van der Waals surface area contributed by atoms with Gasteiger partial charge in [-0.05, 0) is 24.1 Å². The standard InChI is InChI=1S/C13H19N3O2S/c1-3-9(4-2)8-19(17,18)13-15-11-6-5-10(14)7-12(11)16-13/h5-7,9H,3-4,8,14H2,1-2H3,(H,15,16). The number of sulfone groups is 1. The van der Waals surface area contributed by atoms with E-state index in [9.17, 15) is 8.42 Å². The fraction of sp³-hybridized carbons (Fsp3) is 0.462. The molecule has 2 rings (SSSR count). The van der Waals surface area contributed by atoms with Gasteiger partial charge in [0.1, 0.15) is 0 Å². The first-order valence-corrected chi connectivity index (χ1v) is 8.09. The molecule has 1 heterocycles. The Morgan fingerprint density at radius 2 is 2.00 bits per heavy atom. The number of hydrogen-bond donors (Lipinski definition) is 2. The van der Waals surface area contributed by atoms with Crippen molar-refractivity contribution in [1.82, 2.24) is 9.97 Å². The van der Waals surface area contributed by atoms with E-state index in [1.807, 2.05) is 13.8 Å². The number of nitrogens with two attached hydrogens (primary N) is 1. The van der Waals surface area contributed by atoms with Gasteiger partial charge in [-0.1, -0.05) is 26.7 Å². The monoisotopic (exact) mass is 281 g/mol. The number of H-pyrrole nitrogens is 1. The Morgan fingerprint density at radius 3 is 2.63 bits per heavy atom. The number of nitrogen functional groups attached to an aromatic ring is 1. The number of hydrogen-bond acceptors (Lipinski definition) is 4. The molecule has 19 heavy (non-hydrogen) atoms. The highest BCUT2D eigenvalue weighted by Crippen LogP contribution is 2.20. The lowest BCUT2D eigenvalue weighted by molar-refractivity contribution is 0.520. The molecule has 0 fully saturated rings. The smallest absolute Gasteiger partial charge is 0.226 e. The quantitative estimate of drug-likeness (QED) is 0.823. The maximum Gasteiger partial charge on any atom is 0.226 e. The van der Waals surface area contributed by atoms with Gasteiger partial charge in [-0.3, -0.25) is 0 Å². The number of nitrogens with zero attached hydrogens (tertiary/aromatic N) is 1. The molecule has 0 bridgehead atoms. The zero-order valence-corrected chi connectivity index (χ0v) is 12.0. The largest absolute Gasteiger partial charge is 0.399 e. The number of aromatic nitrogens is 2. The molecule has 0 spiro atoms. The zero-order valence-electron chi connectivity index (χ0n) is 11.2. The van der Waals surface area contributed by atoms with Crippen LogP contribution >= 0.6 is 0 Å². The van der Waals surface area contributed by atoms with Crippen LogP contribution in [0.1, 0.15) is 26.7 Å². The van der Waals surface area contributed by atoms with Crippen LogP contribution in [0.3, 0.4) is 0 Å². The summed E-state index contributed by atoms with van der Waals surface area (Å²) < 4.78 is 24.6. The predicted octanol–water partition coefficient (Wildman–Crippen LogP) is 2.35. The first kappa shape index (κ1) is 13.9. The van der Waals surface area contributed by atoms with E-state index < -0.39 is 9.84 Å². The first-order valence-electron chi connectivity index (χ1n) is 6.44. The van der Waals surface area contributed by atoms with Crippen LogP contribution in [0.25, 0.3) is 11.0 Å². The minimum absolute atomic E-state index is 0.0417. The van der Waals surface area contributed by atoms with Crippen LogP contribution in [-0.2, 0) is 9.84 Å². The lowest BCUT2D eigenvalue weighted by Gasteiger charge is -2.10. The third-order valence-corrected chi connectivity index (χ3v) is 5.08. The lowest BCUT2D eigenvalue weighted by atomic mass is 10.1. The molecule has 0 radical (unpaired) electrons. The van der Waals surface area contributed by atoms with Crippen molar-refractivity contribution in [2.75, 3.05) is 11.5 Å². The van der Waals surface area contributed by atoms with Crippen LogP contribution < -0.4 is 5.73 Å². The molecule has 0 unspecified atom stereocenters. The summed E-state index contributed by atoms with van der Waals surface area (Å²) in [6.07, 6.45) is 1.70. The number of aromatic amines is 1. The SMILES string of the molecule is CCC(CC)CS(=O)(=O)c1nc2ccc(N)cc2[nH]1. The van der Waals surface area contributed by atoms with Crippen molar-refractivity contribution in [3.05, 3.63) is 18.2 Å². The second-order valence-electron chi connectivity index (χ2n) is 4.78. The lowest BCUT2D eigenvalue weighted by Crippen LogP contribution is -2.16. The Labute approximate surface area is 113 Å². The summed E-state index contributed by atoms with van der Waals surface area (Å²) in [6.45, 7) is 4.01. The van der Waals surface area contributed by atoms with Gasteiger partial charge in [0.2, 0.25) is 15.0 Å². The molecule has 0 aliphatic rings. The summed E-state index contributed by atoms with van der Waals surface area (Å²) in [5.41, 5.74) is 7.53. The van der Waals surface area contributed by atoms with E-state index in [0.717, 1.165) is 12.8 Å². The molecule has 2 aromatic rings. The molecule has 104 valence electrons. The number of nitrogens with one attached hydrogen (secondary N) is 1. The van der Waals surface area contributed by atoms with E-state index in [1.165, 1.54) is 0 Å². The molecule has 5 nitrogen and oxygen atoms in total. The summed E-state index contributed by atoms with van der Waals surface area (Å²) in [5, 5.41) is 0.0417. The second kappa shape index (κ2) is 5.21. The number of anilines is 1. The zero-order chi connectivity index (χ0) is 14.0. The van der Waals surface area contributed by atoms with Crippen molar-refractivity contribution in [3.8, 4) is 0 Å². The van der Waals surface area contributed by atoms with Gasteiger partial charge in [-0.2, -0.15) is 0 Å². The van der Waals surface area contributed by atoms with Gasteiger partial charge in [0, 0.05) is 5.69 Å². The van der Waals surface area contributed by atoms with Crippen LogP contribution in [0.5, 0.6) is 0 Å².